The van der Waals surface area contributed by atoms with Crippen LogP contribution in [0, 0.1) is 0 Å². The van der Waals surface area contributed by atoms with Crippen LogP contribution in [0.15, 0.2) is 24.3 Å². The van der Waals surface area contributed by atoms with Crippen LogP contribution in [0.5, 0.6) is 5.75 Å². The second kappa shape index (κ2) is 7.47. The molecule has 0 aromatic heterocycles. The van der Waals surface area contributed by atoms with E-state index in [4.69, 9.17) is 21.1 Å². The molecule has 1 fully saturated rings. The zero-order valence-corrected chi connectivity index (χ0v) is 12.2. The van der Waals surface area contributed by atoms with Gasteiger partial charge in [0, 0.05) is 18.1 Å². The van der Waals surface area contributed by atoms with Gasteiger partial charge in [0.15, 0.2) is 6.10 Å². The van der Waals surface area contributed by atoms with E-state index in [1.165, 1.54) is 0 Å². The lowest BCUT2D eigenvalue weighted by atomic mass is 10.2. The van der Waals surface area contributed by atoms with E-state index in [2.05, 4.69) is 5.43 Å². The lowest BCUT2D eigenvalue weighted by molar-refractivity contribution is -0.135. The molecule has 1 saturated heterocycles. The van der Waals surface area contributed by atoms with Crippen molar-refractivity contribution in [3.8, 4) is 5.75 Å². The molecule has 6 heteroatoms. The summed E-state index contributed by atoms with van der Waals surface area (Å²) < 4.78 is 10.9. The number of hydrogen-bond acceptors (Lipinski definition) is 4. The molecule has 0 spiro atoms. The summed E-state index contributed by atoms with van der Waals surface area (Å²) >= 11 is 5.90. The van der Waals surface area contributed by atoms with E-state index in [9.17, 15) is 4.79 Å². The van der Waals surface area contributed by atoms with Gasteiger partial charge in [-0.2, -0.15) is 0 Å². The van der Waals surface area contributed by atoms with Gasteiger partial charge in [-0.1, -0.05) is 24.6 Å². The number of nitrogens with zero attached hydrogens (tertiary/aromatic N) is 1. The molecule has 1 atom stereocenters. The first-order valence-corrected chi connectivity index (χ1v) is 7.12. The van der Waals surface area contributed by atoms with Gasteiger partial charge in [0.25, 0.3) is 5.91 Å². The minimum Gasteiger partial charge on any atom is -0.481 e. The molecule has 110 valence electrons. The third-order valence-electron chi connectivity index (χ3n) is 3.02. The van der Waals surface area contributed by atoms with Gasteiger partial charge in [-0.3, -0.25) is 10.2 Å². The Morgan fingerprint density at radius 2 is 2.25 bits per heavy atom. The van der Waals surface area contributed by atoms with Crippen molar-refractivity contribution in [2.24, 2.45) is 0 Å². The average molecular weight is 299 g/mol. The van der Waals surface area contributed by atoms with E-state index >= 15 is 0 Å². The number of hydrazine groups is 1. The van der Waals surface area contributed by atoms with Crippen LogP contribution < -0.4 is 10.2 Å². The van der Waals surface area contributed by atoms with Crippen LogP contribution in [-0.2, 0) is 9.53 Å². The predicted octanol–water partition coefficient (Wildman–Crippen LogP) is 1.86. The van der Waals surface area contributed by atoms with Crippen molar-refractivity contribution in [3.63, 3.8) is 0 Å². The number of carbonyl (C=O) groups excluding carboxylic acids is 1. The Hall–Kier alpha value is -1.30. The maximum Gasteiger partial charge on any atom is 0.275 e. The molecule has 1 aliphatic rings. The van der Waals surface area contributed by atoms with Gasteiger partial charge >= 0.3 is 0 Å². The zero-order chi connectivity index (χ0) is 14.4. The predicted molar refractivity (Wildman–Crippen MR) is 76.7 cm³/mol. The molecule has 1 aromatic carbocycles. The maximum absolute atomic E-state index is 12.2. The molecule has 0 radical (unpaired) electrons. The van der Waals surface area contributed by atoms with Gasteiger partial charge in [-0.05, 0) is 24.6 Å². The van der Waals surface area contributed by atoms with Gasteiger partial charge in [0.1, 0.15) is 5.75 Å². The molecule has 20 heavy (non-hydrogen) atoms. The van der Waals surface area contributed by atoms with Gasteiger partial charge in [-0.25, -0.2) is 5.01 Å². The fourth-order valence-electron chi connectivity index (χ4n) is 1.93. The molecular formula is C14H19ClN2O3. The van der Waals surface area contributed by atoms with Crippen LogP contribution in [-0.4, -0.2) is 43.3 Å². The lowest BCUT2D eigenvalue weighted by Gasteiger charge is -2.28. The smallest absolute Gasteiger partial charge is 0.275 e. The highest BCUT2D eigenvalue weighted by Gasteiger charge is 2.21. The number of benzene rings is 1. The Bertz CT molecular complexity index is 450. The molecule has 1 N–H and O–H groups in total. The summed E-state index contributed by atoms with van der Waals surface area (Å²) in [7, 11) is 0. The molecule has 1 amide bonds. The average Bonchev–Trinajstić information content (AvgIpc) is 2.46. The van der Waals surface area contributed by atoms with Crippen molar-refractivity contribution >= 4 is 17.5 Å². The summed E-state index contributed by atoms with van der Waals surface area (Å²) in [6, 6.07) is 7.05. The third kappa shape index (κ3) is 4.37. The van der Waals surface area contributed by atoms with Gasteiger partial charge in [0.2, 0.25) is 0 Å². The highest BCUT2D eigenvalue weighted by Crippen LogP contribution is 2.19. The number of nitrogens with one attached hydrogen (secondary N) is 1. The first-order chi connectivity index (χ1) is 9.69. The summed E-state index contributed by atoms with van der Waals surface area (Å²) in [5, 5.41) is 2.45. The quantitative estimate of drug-likeness (QED) is 0.901. The largest absolute Gasteiger partial charge is 0.481 e. The summed E-state index contributed by atoms with van der Waals surface area (Å²) in [5.41, 5.74) is 2.86. The van der Waals surface area contributed by atoms with Gasteiger partial charge in [-0.15, -0.1) is 0 Å². The summed E-state index contributed by atoms with van der Waals surface area (Å²) in [6.45, 7) is 4.56. The van der Waals surface area contributed by atoms with E-state index in [1.54, 1.807) is 24.3 Å². The molecule has 0 bridgehead atoms. The van der Waals surface area contributed by atoms with Crippen LogP contribution in [0.2, 0.25) is 5.02 Å². The van der Waals surface area contributed by atoms with E-state index in [1.807, 2.05) is 11.9 Å². The Morgan fingerprint density at radius 3 is 2.90 bits per heavy atom. The van der Waals surface area contributed by atoms with Crippen LogP contribution in [0.1, 0.15) is 13.3 Å². The fourth-order valence-corrected chi connectivity index (χ4v) is 2.11. The SMILES string of the molecule is CCC(Oc1cccc(Cl)c1)C(=O)NN1CCOCC1. The summed E-state index contributed by atoms with van der Waals surface area (Å²) in [6.07, 6.45) is 0.0548. The van der Waals surface area contributed by atoms with Crippen LogP contribution in [0.3, 0.4) is 0 Å². The minimum absolute atomic E-state index is 0.144. The lowest BCUT2D eigenvalue weighted by Crippen LogP contribution is -2.52. The van der Waals surface area contributed by atoms with E-state index < -0.39 is 6.10 Å². The fraction of sp³-hybridized carbons (Fsp3) is 0.500. The molecule has 1 heterocycles. The molecule has 0 saturated carbocycles. The standard InChI is InChI=1S/C14H19ClN2O3/c1-2-13(20-12-5-3-4-11(15)10-12)14(18)16-17-6-8-19-9-7-17/h3-5,10,13H,2,6-9H2,1H3,(H,16,18). The third-order valence-corrected chi connectivity index (χ3v) is 3.25. The highest BCUT2D eigenvalue weighted by atomic mass is 35.5. The Balaban J connectivity index is 1.91. The second-order valence-electron chi connectivity index (χ2n) is 4.55. The first kappa shape index (κ1) is 15.1. The van der Waals surface area contributed by atoms with Crippen molar-refractivity contribution in [1.29, 1.82) is 0 Å². The van der Waals surface area contributed by atoms with Crippen LogP contribution >= 0.6 is 11.6 Å². The maximum atomic E-state index is 12.2. The summed E-state index contributed by atoms with van der Waals surface area (Å²) in [4.78, 5) is 12.2. The van der Waals surface area contributed by atoms with Crippen LogP contribution in [0.25, 0.3) is 0 Å². The highest BCUT2D eigenvalue weighted by molar-refractivity contribution is 6.30. The van der Waals surface area contributed by atoms with Crippen LogP contribution in [0.4, 0.5) is 0 Å². The number of halogens is 1. The minimum atomic E-state index is -0.531. The number of hydrogen-bond donors (Lipinski definition) is 1. The topological polar surface area (TPSA) is 50.8 Å². The zero-order valence-electron chi connectivity index (χ0n) is 11.5. The van der Waals surface area contributed by atoms with E-state index in [0.29, 0.717) is 43.5 Å². The van der Waals surface area contributed by atoms with Gasteiger partial charge in [0.05, 0.1) is 13.2 Å². The Labute approximate surface area is 123 Å². The number of carbonyl (C=O) groups is 1. The molecule has 5 nitrogen and oxygen atoms in total. The molecule has 2 rings (SSSR count). The molecule has 1 aliphatic heterocycles. The number of amides is 1. The molecule has 1 unspecified atom stereocenters. The molecular weight excluding hydrogens is 280 g/mol. The van der Waals surface area contributed by atoms with E-state index in [-0.39, 0.29) is 5.91 Å². The van der Waals surface area contributed by atoms with Crippen molar-refractivity contribution < 1.29 is 14.3 Å². The number of morpholine rings is 1. The first-order valence-electron chi connectivity index (χ1n) is 6.74. The van der Waals surface area contributed by atoms with Crippen molar-refractivity contribution in [1.82, 2.24) is 10.4 Å². The summed E-state index contributed by atoms with van der Waals surface area (Å²) in [5.74, 6) is 0.454. The Morgan fingerprint density at radius 1 is 1.50 bits per heavy atom. The normalized spacial score (nSPS) is 17.5. The van der Waals surface area contributed by atoms with Crippen molar-refractivity contribution in [2.75, 3.05) is 26.3 Å². The molecule has 1 aromatic rings. The second-order valence-corrected chi connectivity index (χ2v) is 4.98. The monoisotopic (exact) mass is 298 g/mol. The molecule has 0 aliphatic carbocycles. The Kier molecular flexibility index (Phi) is 5.64. The van der Waals surface area contributed by atoms with Crippen molar-refractivity contribution in [3.05, 3.63) is 29.3 Å². The van der Waals surface area contributed by atoms with Crippen molar-refractivity contribution in [2.45, 2.75) is 19.4 Å². The van der Waals surface area contributed by atoms with E-state index in [0.717, 1.165) is 0 Å². The van der Waals surface area contributed by atoms with Gasteiger partial charge < -0.3 is 9.47 Å². The number of ether oxygens (including phenoxy) is 2. The number of rotatable bonds is 5.